The first kappa shape index (κ1) is 23.4. The first-order valence-electron chi connectivity index (χ1n) is 9.15. The standard InChI is InChI=1S/C18H26F3N3O4S/c1-17(2,3)28-16(25)24-11-9-23(10-12-24)8-7-22-29(26,27)15-6-4-5-14(13-15)18(19,20)21/h4-6,13,22H,7-12H2,1-3H3. The highest BCUT2D eigenvalue weighted by Crippen LogP contribution is 2.30. The zero-order chi connectivity index (χ0) is 21.9. The summed E-state index contributed by atoms with van der Waals surface area (Å²) in [6.45, 7) is 7.79. The maximum atomic E-state index is 12.8. The minimum absolute atomic E-state index is 0.0466. The molecule has 0 bridgehead atoms. The van der Waals surface area contributed by atoms with Gasteiger partial charge in [0.15, 0.2) is 0 Å². The van der Waals surface area contributed by atoms with Crippen molar-refractivity contribution in [2.24, 2.45) is 0 Å². The fraction of sp³-hybridized carbons (Fsp3) is 0.611. The van der Waals surface area contributed by atoms with E-state index in [4.69, 9.17) is 4.74 Å². The lowest BCUT2D eigenvalue weighted by Crippen LogP contribution is -2.51. The fourth-order valence-electron chi connectivity index (χ4n) is 2.74. The number of carbonyl (C=O) groups excluding carboxylic acids is 1. The van der Waals surface area contributed by atoms with E-state index < -0.39 is 32.3 Å². The summed E-state index contributed by atoms with van der Waals surface area (Å²) >= 11 is 0. The molecule has 11 heteroatoms. The molecule has 1 amide bonds. The van der Waals surface area contributed by atoms with Crippen LogP contribution in [0.1, 0.15) is 26.3 Å². The van der Waals surface area contributed by atoms with Gasteiger partial charge < -0.3 is 9.64 Å². The number of nitrogens with zero attached hydrogens (tertiary/aromatic N) is 2. The van der Waals surface area contributed by atoms with Crippen molar-refractivity contribution in [3.63, 3.8) is 0 Å². The predicted molar refractivity (Wildman–Crippen MR) is 101 cm³/mol. The summed E-state index contributed by atoms with van der Waals surface area (Å²) < 4.78 is 70.5. The van der Waals surface area contributed by atoms with Crippen molar-refractivity contribution < 1.29 is 31.1 Å². The van der Waals surface area contributed by atoms with Gasteiger partial charge in [0.05, 0.1) is 10.5 Å². The molecule has 0 atom stereocenters. The quantitative estimate of drug-likeness (QED) is 0.766. The Hall–Kier alpha value is -1.85. The second kappa shape index (κ2) is 8.88. The first-order valence-corrected chi connectivity index (χ1v) is 10.6. The number of piperazine rings is 1. The van der Waals surface area contributed by atoms with Crippen LogP contribution in [0, 0.1) is 0 Å². The van der Waals surface area contributed by atoms with E-state index in [9.17, 15) is 26.4 Å². The van der Waals surface area contributed by atoms with Crippen molar-refractivity contribution >= 4 is 16.1 Å². The molecule has 2 rings (SSSR count). The number of sulfonamides is 1. The van der Waals surface area contributed by atoms with Crippen molar-refractivity contribution in [1.82, 2.24) is 14.5 Å². The summed E-state index contributed by atoms with van der Waals surface area (Å²) in [5, 5.41) is 0. The zero-order valence-corrected chi connectivity index (χ0v) is 17.4. The fourth-order valence-corrected chi connectivity index (χ4v) is 3.81. The molecule has 7 nitrogen and oxygen atoms in total. The smallest absolute Gasteiger partial charge is 0.416 e. The largest absolute Gasteiger partial charge is 0.444 e. The van der Waals surface area contributed by atoms with E-state index in [0.717, 1.165) is 18.2 Å². The molecule has 0 radical (unpaired) electrons. The normalized spacial score (nSPS) is 16.7. The van der Waals surface area contributed by atoms with Crippen LogP contribution >= 0.6 is 0 Å². The third-order valence-corrected chi connectivity index (χ3v) is 5.67. The molecule has 1 aromatic carbocycles. The minimum Gasteiger partial charge on any atom is -0.444 e. The van der Waals surface area contributed by atoms with Gasteiger partial charge in [-0.1, -0.05) is 6.07 Å². The van der Waals surface area contributed by atoms with Gasteiger partial charge in [0.1, 0.15) is 5.60 Å². The topological polar surface area (TPSA) is 79.0 Å². The van der Waals surface area contributed by atoms with Crippen LogP contribution in [0.4, 0.5) is 18.0 Å². The number of hydrogen-bond donors (Lipinski definition) is 1. The third kappa shape index (κ3) is 7.16. The van der Waals surface area contributed by atoms with Crippen LogP contribution in [0.5, 0.6) is 0 Å². The number of benzene rings is 1. The highest BCUT2D eigenvalue weighted by atomic mass is 32.2. The molecule has 1 aliphatic heterocycles. The minimum atomic E-state index is -4.61. The molecule has 164 valence electrons. The molecule has 0 unspecified atom stereocenters. The monoisotopic (exact) mass is 437 g/mol. The summed E-state index contributed by atoms with van der Waals surface area (Å²) in [4.78, 5) is 15.2. The van der Waals surface area contributed by atoms with Gasteiger partial charge in [0.25, 0.3) is 0 Å². The second-order valence-corrected chi connectivity index (χ2v) is 9.50. The lowest BCUT2D eigenvalue weighted by Gasteiger charge is -2.35. The Morgan fingerprint density at radius 2 is 1.76 bits per heavy atom. The number of carbonyl (C=O) groups is 1. The van der Waals surface area contributed by atoms with Crippen LogP contribution < -0.4 is 4.72 Å². The van der Waals surface area contributed by atoms with Crippen molar-refractivity contribution in [2.75, 3.05) is 39.3 Å². The van der Waals surface area contributed by atoms with Gasteiger partial charge in [0.2, 0.25) is 10.0 Å². The Kier molecular flexibility index (Phi) is 7.18. The lowest BCUT2D eigenvalue weighted by molar-refractivity contribution is -0.137. The average Bonchev–Trinajstić information content (AvgIpc) is 2.60. The van der Waals surface area contributed by atoms with Crippen molar-refractivity contribution in [3.8, 4) is 0 Å². The third-order valence-electron chi connectivity index (χ3n) is 4.22. The van der Waals surface area contributed by atoms with Crippen molar-refractivity contribution in [1.29, 1.82) is 0 Å². The Balaban J connectivity index is 1.83. The molecule has 0 aliphatic carbocycles. The maximum Gasteiger partial charge on any atom is 0.416 e. The molecule has 29 heavy (non-hydrogen) atoms. The highest BCUT2D eigenvalue weighted by Gasteiger charge is 2.31. The van der Waals surface area contributed by atoms with E-state index >= 15 is 0 Å². The van der Waals surface area contributed by atoms with Gasteiger partial charge >= 0.3 is 12.3 Å². The van der Waals surface area contributed by atoms with Gasteiger partial charge in [-0.25, -0.2) is 17.9 Å². The molecule has 1 aliphatic rings. The molecule has 1 saturated heterocycles. The SMILES string of the molecule is CC(C)(C)OC(=O)N1CCN(CCNS(=O)(=O)c2cccc(C(F)(F)F)c2)CC1. The van der Waals surface area contributed by atoms with Crippen LogP contribution in [0.2, 0.25) is 0 Å². The van der Waals surface area contributed by atoms with Crippen LogP contribution in [-0.4, -0.2) is 69.2 Å². The number of nitrogens with one attached hydrogen (secondary N) is 1. The Labute approximate surface area is 168 Å². The summed E-state index contributed by atoms with van der Waals surface area (Å²) in [6.07, 6.45) is -5.00. The lowest BCUT2D eigenvalue weighted by atomic mass is 10.2. The van der Waals surface area contributed by atoms with Gasteiger partial charge in [-0.15, -0.1) is 0 Å². The van der Waals surface area contributed by atoms with Gasteiger partial charge in [-0.3, -0.25) is 4.90 Å². The number of alkyl halides is 3. The molecule has 0 spiro atoms. The molecular formula is C18H26F3N3O4S. The van der Waals surface area contributed by atoms with Gasteiger partial charge in [0, 0.05) is 39.3 Å². The Bertz CT molecular complexity index is 814. The van der Waals surface area contributed by atoms with Crippen molar-refractivity contribution in [2.45, 2.75) is 37.4 Å². The predicted octanol–water partition coefficient (Wildman–Crippen LogP) is 2.54. The number of hydrogen-bond acceptors (Lipinski definition) is 5. The molecule has 1 heterocycles. The average molecular weight is 437 g/mol. The summed E-state index contributed by atoms with van der Waals surface area (Å²) in [6, 6.07) is 3.62. The molecule has 1 fully saturated rings. The second-order valence-electron chi connectivity index (χ2n) is 7.73. The van der Waals surface area contributed by atoms with Gasteiger partial charge in [-0.2, -0.15) is 13.2 Å². The number of amides is 1. The highest BCUT2D eigenvalue weighted by molar-refractivity contribution is 7.89. The molecular weight excluding hydrogens is 411 g/mol. The summed E-state index contributed by atoms with van der Waals surface area (Å²) in [5.74, 6) is 0. The summed E-state index contributed by atoms with van der Waals surface area (Å²) in [5.41, 5.74) is -1.59. The van der Waals surface area contributed by atoms with E-state index in [1.54, 1.807) is 25.7 Å². The zero-order valence-electron chi connectivity index (χ0n) is 16.6. The maximum absolute atomic E-state index is 12.8. The van der Waals surface area contributed by atoms with E-state index in [2.05, 4.69) is 4.72 Å². The number of halogens is 3. The van der Waals surface area contributed by atoms with Crippen LogP contribution in [0.25, 0.3) is 0 Å². The molecule has 1 aromatic rings. The molecule has 0 aromatic heterocycles. The van der Waals surface area contributed by atoms with E-state index in [-0.39, 0.29) is 12.6 Å². The number of ether oxygens (including phenoxy) is 1. The van der Waals surface area contributed by atoms with E-state index in [1.807, 2.05) is 4.90 Å². The van der Waals surface area contributed by atoms with Crippen LogP contribution in [0.15, 0.2) is 29.2 Å². The van der Waals surface area contributed by atoms with Crippen molar-refractivity contribution in [3.05, 3.63) is 29.8 Å². The Morgan fingerprint density at radius 1 is 1.14 bits per heavy atom. The summed E-state index contributed by atoms with van der Waals surface area (Å²) in [7, 11) is -4.05. The molecule has 1 N–H and O–H groups in total. The van der Waals surface area contributed by atoms with Crippen LogP contribution in [-0.2, 0) is 20.9 Å². The van der Waals surface area contributed by atoms with E-state index in [1.165, 1.54) is 0 Å². The molecule has 0 saturated carbocycles. The van der Waals surface area contributed by atoms with E-state index in [0.29, 0.717) is 38.8 Å². The van der Waals surface area contributed by atoms with Gasteiger partial charge in [-0.05, 0) is 39.0 Å². The number of rotatable bonds is 5. The first-order chi connectivity index (χ1) is 13.3. The van der Waals surface area contributed by atoms with Crippen LogP contribution in [0.3, 0.4) is 0 Å². The Morgan fingerprint density at radius 3 is 2.31 bits per heavy atom.